The number of nitrogens with zero attached hydrogens (tertiary/aromatic N) is 3. The molecule has 5 nitrogen and oxygen atoms in total. The summed E-state index contributed by atoms with van der Waals surface area (Å²) in [6.45, 7) is 3.37. The van der Waals surface area contributed by atoms with Crippen molar-refractivity contribution in [1.29, 1.82) is 0 Å². The highest BCUT2D eigenvalue weighted by Gasteiger charge is 2.37. The van der Waals surface area contributed by atoms with E-state index < -0.39 is 29.0 Å². The third-order valence-corrected chi connectivity index (χ3v) is 5.47. The molecule has 30 heavy (non-hydrogen) atoms. The Kier molecular flexibility index (Phi) is 5.85. The maximum absolute atomic E-state index is 13.7. The van der Waals surface area contributed by atoms with Crippen LogP contribution in [0.5, 0.6) is 0 Å². The lowest BCUT2D eigenvalue weighted by molar-refractivity contribution is -0.142. The summed E-state index contributed by atoms with van der Waals surface area (Å²) in [7, 11) is 0. The summed E-state index contributed by atoms with van der Waals surface area (Å²) in [5, 5.41) is 6.07. The van der Waals surface area contributed by atoms with Gasteiger partial charge in [-0.15, -0.1) is 6.42 Å². The van der Waals surface area contributed by atoms with Gasteiger partial charge in [-0.1, -0.05) is 52.5 Å². The molecular formula is C20H15BrClF3N4O. The summed E-state index contributed by atoms with van der Waals surface area (Å²) in [5.74, 6) is 1.66. The van der Waals surface area contributed by atoms with Crippen LogP contribution in [0, 0.1) is 12.3 Å². The first-order valence-corrected chi connectivity index (χ1v) is 9.89. The van der Waals surface area contributed by atoms with Crippen LogP contribution in [0.3, 0.4) is 0 Å². The first kappa shape index (κ1) is 22.1. The summed E-state index contributed by atoms with van der Waals surface area (Å²) < 4.78 is 42.5. The molecule has 1 unspecified atom stereocenters. The van der Waals surface area contributed by atoms with Gasteiger partial charge in [-0.05, 0) is 31.5 Å². The predicted molar refractivity (Wildman–Crippen MR) is 111 cm³/mol. The molecule has 0 fully saturated rings. The van der Waals surface area contributed by atoms with Crippen LogP contribution in [0.1, 0.15) is 36.5 Å². The number of alkyl halides is 3. The van der Waals surface area contributed by atoms with Crippen LogP contribution < -0.4 is 5.32 Å². The Morgan fingerprint density at radius 2 is 1.97 bits per heavy atom. The van der Waals surface area contributed by atoms with E-state index in [2.05, 4.69) is 37.2 Å². The third kappa shape index (κ3) is 4.16. The van der Waals surface area contributed by atoms with Crippen molar-refractivity contribution < 1.29 is 18.0 Å². The quantitative estimate of drug-likeness (QED) is 0.492. The summed E-state index contributed by atoms with van der Waals surface area (Å²) in [6.07, 6.45) is 1.09. The van der Waals surface area contributed by atoms with Crippen LogP contribution in [0.4, 0.5) is 13.2 Å². The number of terminal acetylenes is 1. The lowest BCUT2D eigenvalue weighted by Crippen LogP contribution is -2.44. The number of benzene rings is 1. The fraction of sp³-hybridized carbons (Fsp3) is 0.250. The third-order valence-electron chi connectivity index (χ3n) is 4.59. The van der Waals surface area contributed by atoms with Gasteiger partial charge in [-0.25, -0.2) is 9.50 Å². The zero-order chi connectivity index (χ0) is 22.3. The van der Waals surface area contributed by atoms with Crippen LogP contribution in [0.25, 0.3) is 16.9 Å². The van der Waals surface area contributed by atoms with E-state index in [9.17, 15) is 18.0 Å². The Morgan fingerprint density at radius 3 is 2.50 bits per heavy atom. The van der Waals surface area contributed by atoms with Crippen LogP contribution >= 0.6 is 27.5 Å². The van der Waals surface area contributed by atoms with Gasteiger partial charge in [0.15, 0.2) is 17.0 Å². The molecule has 0 spiro atoms. The van der Waals surface area contributed by atoms with Crippen molar-refractivity contribution in [2.45, 2.75) is 32.0 Å². The van der Waals surface area contributed by atoms with Crippen molar-refractivity contribution in [2.75, 3.05) is 0 Å². The summed E-state index contributed by atoms with van der Waals surface area (Å²) >= 11 is 9.52. The molecule has 1 aromatic carbocycles. The average molecular weight is 500 g/mol. The Balaban J connectivity index is 2.20. The Bertz CT molecular complexity index is 1170. The molecule has 0 radical (unpaired) electrons. The minimum absolute atomic E-state index is 0.0399. The Hall–Kier alpha value is -2.57. The SMILES string of the molecule is C#CC(C)(CC)NC(=O)c1nn2c(C(F)(F)F)cc(-c3ccc(Br)cc3)nc2c1Cl. The molecule has 3 rings (SSSR count). The fourth-order valence-electron chi connectivity index (χ4n) is 2.64. The van der Waals surface area contributed by atoms with E-state index in [-0.39, 0.29) is 16.4 Å². The molecule has 0 bridgehead atoms. The van der Waals surface area contributed by atoms with E-state index >= 15 is 0 Å². The van der Waals surface area contributed by atoms with E-state index in [1.54, 1.807) is 38.1 Å². The molecule has 2 heterocycles. The lowest BCUT2D eigenvalue weighted by Gasteiger charge is -2.22. The number of aromatic nitrogens is 3. The van der Waals surface area contributed by atoms with Crippen molar-refractivity contribution in [1.82, 2.24) is 19.9 Å². The van der Waals surface area contributed by atoms with E-state index in [1.165, 1.54) is 0 Å². The Labute approximate surface area is 183 Å². The average Bonchev–Trinajstić information content (AvgIpc) is 3.03. The molecule has 0 aliphatic rings. The number of amides is 1. The molecule has 156 valence electrons. The van der Waals surface area contributed by atoms with Crippen LogP contribution in [0.2, 0.25) is 5.02 Å². The smallest absolute Gasteiger partial charge is 0.335 e. The van der Waals surface area contributed by atoms with Gasteiger partial charge in [0.05, 0.1) is 11.2 Å². The predicted octanol–water partition coefficient (Wildman–Crippen LogP) is 5.36. The number of hydrogen-bond donors (Lipinski definition) is 1. The highest BCUT2D eigenvalue weighted by atomic mass is 79.9. The minimum Gasteiger partial charge on any atom is -0.335 e. The van der Waals surface area contributed by atoms with Crippen LogP contribution in [-0.2, 0) is 6.18 Å². The lowest BCUT2D eigenvalue weighted by atomic mass is 10.0. The number of rotatable bonds is 4. The molecule has 2 aromatic heterocycles. The zero-order valence-corrected chi connectivity index (χ0v) is 18.2. The maximum atomic E-state index is 13.7. The van der Waals surface area contributed by atoms with E-state index in [0.717, 1.165) is 10.5 Å². The normalized spacial score (nSPS) is 13.7. The summed E-state index contributed by atoms with van der Waals surface area (Å²) in [6, 6.07) is 7.44. The van der Waals surface area contributed by atoms with Crippen molar-refractivity contribution in [3.8, 4) is 23.6 Å². The number of nitrogens with one attached hydrogen (secondary N) is 1. The number of hydrogen-bond acceptors (Lipinski definition) is 3. The zero-order valence-electron chi connectivity index (χ0n) is 15.8. The fourth-order valence-corrected chi connectivity index (χ4v) is 3.15. The van der Waals surface area contributed by atoms with Crippen molar-refractivity contribution in [3.05, 3.63) is 51.2 Å². The molecule has 0 saturated carbocycles. The molecule has 10 heteroatoms. The summed E-state index contributed by atoms with van der Waals surface area (Å²) in [5.41, 5.74) is -2.30. The minimum atomic E-state index is -4.76. The highest BCUT2D eigenvalue weighted by molar-refractivity contribution is 9.10. The highest BCUT2D eigenvalue weighted by Crippen LogP contribution is 2.34. The molecule has 1 N–H and O–H groups in total. The number of carbonyl (C=O) groups excluding carboxylic acids is 1. The molecule has 0 aliphatic carbocycles. The van der Waals surface area contributed by atoms with Gasteiger partial charge in [-0.3, -0.25) is 4.79 Å². The van der Waals surface area contributed by atoms with E-state index in [4.69, 9.17) is 18.0 Å². The van der Waals surface area contributed by atoms with E-state index in [1.807, 2.05) is 0 Å². The second-order valence-corrected chi connectivity index (χ2v) is 8.01. The van der Waals surface area contributed by atoms with Gasteiger partial charge in [0.25, 0.3) is 5.91 Å². The topological polar surface area (TPSA) is 59.3 Å². The second-order valence-electron chi connectivity index (χ2n) is 6.71. The molecule has 1 atom stereocenters. The van der Waals surface area contributed by atoms with Gasteiger partial charge >= 0.3 is 6.18 Å². The molecule has 1 amide bonds. The van der Waals surface area contributed by atoms with Gasteiger partial charge in [0, 0.05) is 10.0 Å². The largest absolute Gasteiger partial charge is 0.433 e. The van der Waals surface area contributed by atoms with Gasteiger partial charge in [0.1, 0.15) is 5.02 Å². The van der Waals surface area contributed by atoms with Crippen LogP contribution in [-0.4, -0.2) is 26.0 Å². The molecular weight excluding hydrogens is 485 g/mol. The molecule has 0 saturated heterocycles. The number of fused-ring (bicyclic) bond motifs is 1. The molecule has 0 aliphatic heterocycles. The van der Waals surface area contributed by atoms with Gasteiger partial charge < -0.3 is 5.32 Å². The first-order valence-electron chi connectivity index (χ1n) is 8.72. The maximum Gasteiger partial charge on any atom is 0.433 e. The van der Waals surface area contributed by atoms with Crippen molar-refractivity contribution >= 4 is 39.1 Å². The van der Waals surface area contributed by atoms with E-state index in [0.29, 0.717) is 16.5 Å². The van der Waals surface area contributed by atoms with Crippen molar-refractivity contribution in [2.24, 2.45) is 0 Å². The number of halogens is 5. The van der Waals surface area contributed by atoms with Gasteiger partial charge in [-0.2, -0.15) is 18.3 Å². The van der Waals surface area contributed by atoms with Crippen LogP contribution in [0.15, 0.2) is 34.8 Å². The van der Waals surface area contributed by atoms with Gasteiger partial charge in [0.2, 0.25) is 0 Å². The Morgan fingerprint density at radius 1 is 1.33 bits per heavy atom. The van der Waals surface area contributed by atoms with Crippen molar-refractivity contribution in [3.63, 3.8) is 0 Å². The molecule has 3 aromatic rings. The first-order chi connectivity index (χ1) is 14.0. The number of carbonyl (C=O) groups is 1. The second kappa shape index (κ2) is 7.93. The standard InChI is InChI=1S/C20H15BrClF3N4O/c1-4-19(3,5-2)27-18(30)16-15(22)17-26-13(11-6-8-12(21)9-7-11)10-14(20(23,24)25)29(17)28-16/h1,6-10H,5H2,2-3H3,(H,27,30). The summed E-state index contributed by atoms with van der Waals surface area (Å²) in [4.78, 5) is 16.9. The monoisotopic (exact) mass is 498 g/mol.